The lowest BCUT2D eigenvalue weighted by atomic mass is 9.83. The van der Waals surface area contributed by atoms with Gasteiger partial charge in [-0.3, -0.25) is 4.79 Å². The van der Waals surface area contributed by atoms with Gasteiger partial charge in [-0.25, -0.2) is 8.42 Å². The molecule has 24 heavy (non-hydrogen) atoms. The minimum atomic E-state index is -3.19. The number of likely N-dealkylation sites (tertiary alicyclic amines) is 1. The Hall–Kier alpha value is -1.41. The maximum Gasteiger partial charge on any atom is 0.276 e. The second-order valence-corrected chi connectivity index (χ2v) is 9.53. The second kappa shape index (κ2) is 5.56. The van der Waals surface area contributed by atoms with E-state index in [1.807, 2.05) is 6.92 Å². The molecular weight excluding hydrogens is 332 g/mol. The third-order valence-corrected chi connectivity index (χ3v) is 8.16. The Bertz CT molecular complexity index is 746. The Morgan fingerprint density at radius 3 is 2.83 bits per heavy atom. The quantitative estimate of drug-likeness (QED) is 0.790. The van der Waals surface area contributed by atoms with Crippen molar-refractivity contribution in [1.29, 1.82) is 0 Å². The molecule has 1 amide bonds. The molecule has 1 atom stereocenters. The number of hydrogen-bond acceptors (Lipinski definition) is 6. The van der Waals surface area contributed by atoms with E-state index in [2.05, 4.69) is 5.16 Å². The average molecular weight is 354 g/mol. The van der Waals surface area contributed by atoms with Crippen molar-refractivity contribution in [2.45, 2.75) is 36.9 Å². The zero-order valence-electron chi connectivity index (χ0n) is 13.7. The van der Waals surface area contributed by atoms with Crippen LogP contribution in [0.2, 0.25) is 0 Å². The smallest absolute Gasteiger partial charge is 0.276 e. The van der Waals surface area contributed by atoms with E-state index in [9.17, 15) is 13.2 Å². The predicted molar refractivity (Wildman–Crippen MR) is 85.5 cm³/mol. The second-order valence-electron chi connectivity index (χ2n) is 7.08. The lowest BCUT2D eigenvalue weighted by Gasteiger charge is -2.49. The van der Waals surface area contributed by atoms with Gasteiger partial charge in [0.25, 0.3) is 5.91 Å². The van der Waals surface area contributed by atoms with Crippen LogP contribution >= 0.6 is 0 Å². The van der Waals surface area contributed by atoms with Gasteiger partial charge >= 0.3 is 0 Å². The molecule has 0 unspecified atom stereocenters. The third kappa shape index (κ3) is 2.38. The van der Waals surface area contributed by atoms with E-state index in [-0.39, 0.29) is 36.4 Å². The highest BCUT2D eigenvalue weighted by Gasteiger charge is 2.62. The topological polar surface area (TPSA) is 89.7 Å². The number of aromatic nitrogens is 1. The summed E-state index contributed by atoms with van der Waals surface area (Å²) in [4.78, 5) is 14.1. The Morgan fingerprint density at radius 2 is 2.17 bits per heavy atom. The molecule has 3 heterocycles. The fourth-order valence-electron chi connectivity index (χ4n) is 3.82. The van der Waals surface area contributed by atoms with E-state index in [0.717, 1.165) is 18.6 Å². The van der Waals surface area contributed by atoms with Gasteiger partial charge < -0.3 is 14.2 Å². The predicted octanol–water partition coefficient (Wildman–Crippen LogP) is 1.22. The van der Waals surface area contributed by atoms with Crippen molar-refractivity contribution < 1.29 is 22.5 Å². The van der Waals surface area contributed by atoms with Crippen molar-refractivity contribution in [3.63, 3.8) is 0 Å². The van der Waals surface area contributed by atoms with Crippen LogP contribution in [0, 0.1) is 5.92 Å². The molecule has 1 aromatic rings. The highest BCUT2D eigenvalue weighted by molar-refractivity contribution is 7.93. The third-order valence-electron chi connectivity index (χ3n) is 5.55. The van der Waals surface area contributed by atoms with Gasteiger partial charge in [0, 0.05) is 37.6 Å². The van der Waals surface area contributed by atoms with Gasteiger partial charge in [-0.1, -0.05) is 5.16 Å². The van der Waals surface area contributed by atoms with E-state index in [4.69, 9.17) is 9.26 Å². The highest BCUT2D eigenvalue weighted by Crippen LogP contribution is 2.45. The summed E-state index contributed by atoms with van der Waals surface area (Å²) in [6.07, 6.45) is 2.76. The number of carbonyl (C=O) groups is 1. The fourth-order valence-corrected chi connectivity index (χ4v) is 6.22. The van der Waals surface area contributed by atoms with Crippen LogP contribution in [0.1, 0.15) is 48.4 Å². The Balaban J connectivity index is 1.47. The van der Waals surface area contributed by atoms with Crippen LogP contribution in [-0.2, 0) is 14.6 Å². The maximum atomic E-state index is 12.5. The SMILES string of the molecule is CCOC[C@H]1CCS(=O)(=O)C12CN(C(=O)c1cc(C3CC3)on1)C2. The monoisotopic (exact) mass is 354 g/mol. The first kappa shape index (κ1) is 16.1. The normalized spacial score (nSPS) is 27.4. The molecule has 8 heteroatoms. The zero-order chi connectivity index (χ0) is 16.9. The largest absolute Gasteiger partial charge is 0.381 e. The average Bonchev–Trinajstić information content (AvgIpc) is 3.17. The molecule has 0 aromatic carbocycles. The van der Waals surface area contributed by atoms with Gasteiger partial charge in [0.2, 0.25) is 0 Å². The number of hydrogen-bond donors (Lipinski definition) is 0. The molecule has 132 valence electrons. The molecule has 1 spiro atoms. The van der Waals surface area contributed by atoms with E-state index >= 15 is 0 Å². The minimum Gasteiger partial charge on any atom is -0.381 e. The summed E-state index contributed by atoms with van der Waals surface area (Å²) in [6.45, 7) is 3.37. The summed E-state index contributed by atoms with van der Waals surface area (Å²) in [5, 5.41) is 3.86. The molecule has 7 nitrogen and oxygen atoms in total. The molecular formula is C16H22N2O5S. The van der Waals surface area contributed by atoms with E-state index < -0.39 is 14.6 Å². The van der Waals surface area contributed by atoms with Crippen molar-refractivity contribution in [3.8, 4) is 0 Å². The fraction of sp³-hybridized carbons (Fsp3) is 0.750. The lowest BCUT2D eigenvalue weighted by molar-refractivity contribution is 0.0264. The maximum absolute atomic E-state index is 12.5. The molecule has 0 radical (unpaired) electrons. The summed E-state index contributed by atoms with van der Waals surface area (Å²) in [5.74, 6) is 1.06. The van der Waals surface area contributed by atoms with Crippen LogP contribution in [0.5, 0.6) is 0 Å². The first-order valence-corrected chi connectivity index (χ1v) is 10.2. The van der Waals surface area contributed by atoms with E-state index in [1.54, 1.807) is 11.0 Å². The first-order valence-electron chi connectivity index (χ1n) is 8.53. The van der Waals surface area contributed by atoms with Crippen molar-refractivity contribution >= 4 is 15.7 Å². The van der Waals surface area contributed by atoms with Gasteiger partial charge in [0.15, 0.2) is 15.5 Å². The van der Waals surface area contributed by atoms with Gasteiger partial charge in [0.05, 0.1) is 12.4 Å². The summed E-state index contributed by atoms with van der Waals surface area (Å²) in [6, 6.07) is 1.70. The van der Waals surface area contributed by atoms with Gasteiger partial charge in [-0.05, 0) is 26.2 Å². The Labute approximate surface area is 141 Å². The summed E-state index contributed by atoms with van der Waals surface area (Å²) in [7, 11) is -3.19. The van der Waals surface area contributed by atoms with E-state index in [1.165, 1.54) is 0 Å². The molecule has 1 aromatic heterocycles. The van der Waals surface area contributed by atoms with Crippen LogP contribution < -0.4 is 0 Å². The molecule has 1 aliphatic carbocycles. The first-order chi connectivity index (χ1) is 11.5. The zero-order valence-corrected chi connectivity index (χ0v) is 14.5. The molecule has 1 saturated carbocycles. The standard InChI is InChI=1S/C16H22N2O5S/c1-2-22-8-12-5-6-24(20,21)16(12)9-18(10-16)15(19)13-7-14(23-17-13)11-3-4-11/h7,11-12H,2-6,8-10H2,1H3/t12-/m1/s1. The van der Waals surface area contributed by atoms with E-state index in [0.29, 0.717) is 25.6 Å². The molecule has 0 N–H and O–H groups in total. The molecule has 3 fully saturated rings. The molecule has 3 aliphatic rings. The summed E-state index contributed by atoms with van der Waals surface area (Å²) >= 11 is 0. The van der Waals surface area contributed by atoms with Crippen molar-refractivity contribution in [3.05, 3.63) is 17.5 Å². The summed E-state index contributed by atoms with van der Waals surface area (Å²) < 4.78 is 34.9. The van der Waals surface area contributed by atoms with Gasteiger partial charge in [0.1, 0.15) is 10.5 Å². The highest BCUT2D eigenvalue weighted by atomic mass is 32.2. The van der Waals surface area contributed by atoms with Crippen LogP contribution in [-0.4, -0.2) is 61.2 Å². The number of rotatable bonds is 5. The molecule has 2 aliphatic heterocycles. The van der Waals surface area contributed by atoms with Crippen LogP contribution in [0.4, 0.5) is 0 Å². The van der Waals surface area contributed by atoms with Gasteiger partial charge in [-0.2, -0.15) is 0 Å². The number of sulfone groups is 1. The van der Waals surface area contributed by atoms with Crippen LogP contribution in [0.25, 0.3) is 0 Å². The van der Waals surface area contributed by atoms with Crippen molar-refractivity contribution in [2.24, 2.45) is 5.92 Å². The number of carbonyl (C=O) groups excluding carboxylic acids is 1. The van der Waals surface area contributed by atoms with Gasteiger partial charge in [-0.15, -0.1) is 0 Å². The summed E-state index contributed by atoms with van der Waals surface area (Å²) in [5.41, 5.74) is 0.281. The number of amides is 1. The van der Waals surface area contributed by atoms with Crippen LogP contribution in [0.3, 0.4) is 0 Å². The lowest BCUT2D eigenvalue weighted by Crippen LogP contribution is -2.68. The molecule has 0 bridgehead atoms. The molecule has 4 rings (SSSR count). The van der Waals surface area contributed by atoms with Crippen molar-refractivity contribution in [1.82, 2.24) is 10.1 Å². The number of nitrogens with zero attached hydrogens (tertiary/aromatic N) is 2. The van der Waals surface area contributed by atoms with Crippen molar-refractivity contribution in [2.75, 3.05) is 32.1 Å². The van der Waals surface area contributed by atoms with Crippen LogP contribution in [0.15, 0.2) is 10.6 Å². The number of ether oxygens (including phenoxy) is 1. The molecule has 2 saturated heterocycles. The minimum absolute atomic E-state index is 0.0363. The Morgan fingerprint density at radius 1 is 1.42 bits per heavy atom. The Kier molecular flexibility index (Phi) is 3.72.